The zero-order valence-electron chi connectivity index (χ0n) is 13.8. The molecule has 3 fully saturated rings. The second-order valence-corrected chi connectivity index (χ2v) is 7.09. The number of hydrogen-bond donors (Lipinski definition) is 0. The van der Waals surface area contributed by atoms with Gasteiger partial charge in [0.1, 0.15) is 0 Å². The highest BCUT2D eigenvalue weighted by Gasteiger charge is 2.95. The summed E-state index contributed by atoms with van der Waals surface area (Å²) in [6.45, 7) is 0. The van der Waals surface area contributed by atoms with Crippen molar-refractivity contribution in [3.63, 3.8) is 0 Å². The van der Waals surface area contributed by atoms with Crippen molar-refractivity contribution >= 4 is 23.7 Å². The highest BCUT2D eigenvalue weighted by Crippen LogP contribution is 2.84. The number of ether oxygens (including phenoxy) is 4. The molecule has 4 atom stereocenters. The summed E-state index contributed by atoms with van der Waals surface area (Å²) in [5, 5.41) is 0. The van der Waals surface area contributed by atoms with Crippen LogP contribution in [0.1, 0.15) is 0 Å². The minimum atomic E-state index is -0.974. The van der Waals surface area contributed by atoms with Gasteiger partial charge in [0, 0.05) is 0 Å². The van der Waals surface area contributed by atoms with Crippen molar-refractivity contribution < 1.29 is 28.5 Å². The summed E-state index contributed by atoms with van der Waals surface area (Å²) in [5.41, 5.74) is -1.95. The fourth-order valence-electron chi connectivity index (χ4n) is 6.43. The van der Waals surface area contributed by atoms with E-state index in [2.05, 4.69) is 9.98 Å². The van der Waals surface area contributed by atoms with E-state index >= 15 is 0 Å². The Morgan fingerprint density at radius 1 is 0.792 bits per heavy atom. The lowest BCUT2D eigenvalue weighted by Crippen LogP contribution is -2.94. The number of esters is 2. The van der Waals surface area contributed by atoms with E-state index in [1.54, 1.807) is 0 Å². The van der Waals surface area contributed by atoms with E-state index in [0.717, 1.165) is 0 Å². The molecule has 8 heteroatoms. The van der Waals surface area contributed by atoms with Gasteiger partial charge < -0.3 is 18.9 Å². The van der Waals surface area contributed by atoms with Gasteiger partial charge in [-0.1, -0.05) is 0 Å². The minimum absolute atomic E-state index is 0.0670. The van der Waals surface area contributed by atoms with E-state index in [9.17, 15) is 9.59 Å². The van der Waals surface area contributed by atoms with Gasteiger partial charge in [0.15, 0.2) is 10.8 Å². The molecule has 0 amide bonds. The van der Waals surface area contributed by atoms with Crippen LogP contribution < -0.4 is 0 Å². The van der Waals surface area contributed by atoms with Gasteiger partial charge in [0.25, 0.3) is 0 Å². The Hall–Kier alpha value is -2.12. The Bertz CT molecular complexity index is 677. The first-order valence-corrected chi connectivity index (χ1v) is 7.98. The van der Waals surface area contributed by atoms with E-state index in [0.29, 0.717) is 11.8 Å². The fraction of sp³-hybridized carbons (Fsp3) is 0.750. The Morgan fingerprint density at radius 2 is 1.17 bits per heavy atom. The van der Waals surface area contributed by atoms with E-state index in [-0.39, 0.29) is 47.7 Å². The molecule has 8 nitrogen and oxygen atoms in total. The number of carbonyl (C=O) groups is 2. The van der Waals surface area contributed by atoms with Crippen LogP contribution in [-0.4, -0.2) is 64.3 Å². The average molecular weight is 334 g/mol. The van der Waals surface area contributed by atoms with Crippen molar-refractivity contribution in [2.75, 3.05) is 28.4 Å². The predicted octanol–water partition coefficient (Wildman–Crippen LogP) is -0.335. The third-order valence-corrected chi connectivity index (χ3v) is 7.03. The molecule has 0 aromatic rings. The Balaban J connectivity index is 1.76. The van der Waals surface area contributed by atoms with Crippen molar-refractivity contribution in [3.8, 4) is 0 Å². The van der Waals surface area contributed by atoms with Crippen LogP contribution >= 0.6 is 0 Å². The maximum absolute atomic E-state index is 12.7. The maximum atomic E-state index is 12.7. The molecular formula is C16H18N2O6. The molecule has 2 aliphatic heterocycles. The molecule has 2 heterocycles. The molecular weight excluding hydrogens is 316 g/mol. The van der Waals surface area contributed by atoms with Crippen molar-refractivity contribution in [3.05, 3.63) is 0 Å². The van der Waals surface area contributed by atoms with E-state index in [4.69, 9.17) is 18.9 Å². The van der Waals surface area contributed by atoms with Crippen molar-refractivity contribution in [2.45, 2.75) is 12.1 Å². The first-order chi connectivity index (χ1) is 11.6. The van der Waals surface area contributed by atoms with Crippen LogP contribution in [0.15, 0.2) is 9.98 Å². The first-order valence-electron chi connectivity index (χ1n) is 7.98. The van der Waals surface area contributed by atoms with Crippen LogP contribution in [0.3, 0.4) is 0 Å². The lowest BCUT2D eigenvalue weighted by Gasteiger charge is -2.83. The van der Waals surface area contributed by atoms with Gasteiger partial charge in [-0.3, -0.25) is 9.59 Å². The Kier molecular flexibility index (Phi) is 2.33. The van der Waals surface area contributed by atoms with Crippen LogP contribution in [0.4, 0.5) is 0 Å². The standard InChI is InChI=1S/C16H18N2O6/c1-21-11-15(13(19)23-3)7-5-8-6(7)10(17-11)16(8,14(20)24-4)12(22-2)18-9(5)15/h5-10H,1-4H3/t5?,6?,7?,8?,9-,10-,15-,16-/m0/s1. The van der Waals surface area contributed by atoms with Gasteiger partial charge in [-0.05, 0) is 23.7 Å². The van der Waals surface area contributed by atoms with E-state index < -0.39 is 10.8 Å². The Labute approximate surface area is 138 Å². The van der Waals surface area contributed by atoms with Gasteiger partial charge in [0.05, 0.1) is 40.5 Å². The molecule has 128 valence electrons. The highest BCUT2D eigenvalue weighted by molar-refractivity contribution is 6.13. The number of fused-ring (bicyclic) bond motifs is 2. The summed E-state index contributed by atoms with van der Waals surface area (Å²) in [5.74, 6) is 0.327. The zero-order chi connectivity index (χ0) is 17.0. The van der Waals surface area contributed by atoms with Gasteiger partial charge >= 0.3 is 11.9 Å². The molecule has 0 N–H and O–H groups in total. The van der Waals surface area contributed by atoms with Crippen molar-refractivity contribution in [1.82, 2.24) is 0 Å². The third-order valence-electron chi connectivity index (χ3n) is 7.03. The highest BCUT2D eigenvalue weighted by atomic mass is 16.5. The lowest BCUT2D eigenvalue weighted by molar-refractivity contribution is -0.315. The van der Waals surface area contributed by atoms with Crippen LogP contribution in [0.2, 0.25) is 0 Å². The number of carbonyl (C=O) groups excluding carboxylic acids is 2. The number of aliphatic imine (C=N–C) groups is 2. The predicted molar refractivity (Wildman–Crippen MR) is 79.3 cm³/mol. The Morgan fingerprint density at radius 3 is 1.46 bits per heavy atom. The van der Waals surface area contributed by atoms with Gasteiger partial charge in [-0.15, -0.1) is 0 Å². The smallest absolute Gasteiger partial charge is 0.323 e. The van der Waals surface area contributed by atoms with E-state index in [1.165, 1.54) is 28.4 Å². The molecule has 24 heavy (non-hydrogen) atoms. The summed E-state index contributed by atoms with van der Waals surface area (Å²) in [6.07, 6.45) is 0. The normalized spacial score (nSPS) is 50.8. The van der Waals surface area contributed by atoms with E-state index in [1.807, 2.05) is 0 Å². The van der Waals surface area contributed by atoms with Crippen LogP contribution in [0.25, 0.3) is 0 Å². The molecule has 0 aromatic heterocycles. The van der Waals surface area contributed by atoms with Gasteiger partial charge in [0.2, 0.25) is 11.8 Å². The summed E-state index contributed by atoms with van der Waals surface area (Å²) >= 11 is 0. The summed E-state index contributed by atoms with van der Waals surface area (Å²) in [7, 11) is 5.71. The summed E-state index contributed by atoms with van der Waals surface area (Å²) < 4.78 is 21.1. The molecule has 0 radical (unpaired) electrons. The molecule has 0 bridgehead atoms. The number of hydrogen-bond acceptors (Lipinski definition) is 8. The fourth-order valence-corrected chi connectivity index (χ4v) is 6.43. The molecule has 0 aromatic carbocycles. The SMILES string of the molecule is COC(=O)[C@@]12C(OC)=N[C@H]3C4C1C1C4[C@@]3(C(=O)OC)C(OC)=N[C@@H]12. The third kappa shape index (κ3) is 0.961. The molecule has 5 aliphatic rings. The zero-order valence-corrected chi connectivity index (χ0v) is 13.8. The van der Waals surface area contributed by atoms with Crippen LogP contribution in [-0.2, 0) is 28.5 Å². The second-order valence-electron chi connectivity index (χ2n) is 7.09. The van der Waals surface area contributed by atoms with Crippen molar-refractivity contribution in [1.29, 1.82) is 0 Å². The van der Waals surface area contributed by atoms with Crippen LogP contribution in [0.5, 0.6) is 0 Å². The number of rotatable bonds is 2. The maximum Gasteiger partial charge on any atom is 0.323 e. The molecule has 0 unspecified atom stereocenters. The molecule has 0 saturated heterocycles. The summed E-state index contributed by atoms with van der Waals surface area (Å²) in [6, 6.07) is -0.715. The molecule has 3 saturated carbocycles. The summed E-state index contributed by atoms with van der Waals surface area (Å²) in [4.78, 5) is 34.7. The van der Waals surface area contributed by atoms with Crippen LogP contribution in [0, 0.1) is 34.5 Å². The topological polar surface area (TPSA) is 95.8 Å². The average Bonchev–Trinajstić information content (AvgIpc) is 2.55. The number of methoxy groups -OCH3 is 4. The molecule has 3 aliphatic carbocycles. The monoisotopic (exact) mass is 334 g/mol. The van der Waals surface area contributed by atoms with Gasteiger partial charge in [-0.25, -0.2) is 9.98 Å². The molecule has 5 rings (SSSR count). The lowest BCUT2D eigenvalue weighted by atomic mass is 9.20. The van der Waals surface area contributed by atoms with Crippen molar-refractivity contribution in [2.24, 2.45) is 44.5 Å². The van der Waals surface area contributed by atoms with Gasteiger partial charge in [-0.2, -0.15) is 0 Å². The quantitative estimate of drug-likeness (QED) is 0.642. The molecule has 0 spiro atoms. The second kappa shape index (κ2) is 3.92. The largest absolute Gasteiger partial charge is 0.483 e. The minimum Gasteiger partial charge on any atom is -0.483 e. The first kappa shape index (κ1) is 14.2. The number of nitrogens with zero attached hydrogens (tertiary/aromatic N) is 2.